The minimum absolute atomic E-state index is 0.0361. The molecule has 3 rings (SSSR count). The van der Waals surface area contributed by atoms with Crippen LogP contribution in [0.3, 0.4) is 0 Å². The normalized spacial score (nSPS) is 26.9. The SMILES string of the molecule is O=C1NC2CCCCC2C(=O)N1c1ccccc1F. The van der Waals surface area contributed by atoms with Gasteiger partial charge in [-0.15, -0.1) is 0 Å². The molecule has 3 amide bonds. The molecule has 1 aliphatic carbocycles. The quantitative estimate of drug-likeness (QED) is 0.845. The summed E-state index contributed by atoms with van der Waals surface area (Å²) in [7, 11) is 0. The first kappa shape index (κ1) is 12.1. The van der Waals surface area contributed by atoms with Gasteiger partial charge >= 0.3 is 6.03 Å². The minimum atomic E-state index is -0.555. The van der Waals surface area contributed by atoms with Crippen molar-refractivity contribution in [3.05, 3.63) is 30.1 Å². The van der Waals surface area contributed by atoms with E-state index in [1.54, 1.807) is 6.07 Å². The molecular formula is C14H15FN2O2. The van der Waals surface area contributed by atoms with Gasteiger partial charge in [0.15, 0.2) is 0 Å². The molecule has 0 spiro atoms. The van der Waals surface area contributed by atoms with Gasteiger partial charge in [0.1, 0.15) is 5.82 Å². The van der Waals surface area contributed by atoms with E-state index >= 15 is 0 Å². The van der Waals surface area contributed by atoms with Gasteiger partial charge in [-0.25, -0.2) is 14.1 Å². The Kier molecular flexibility index (Phi) is 2.97. The zero-order chi connectivity index (χ0) is 13.4. The third-order valence-corrected chi connectivity index (χ3v) is 3.91. The molecular weight excluding hydrogens is 247 g/mol. The summed E-state index contributed by atoms with van der Waals surface area (Å²) < 4.78 is 13.8. The van der Waals surface area contributed by atoms with Crippen molar-refractivity contribution in [2.24, 2.45) is 5.92 Å². The molecule has 4 nitrogen and oxygen atoms in total. The Labute approximate surface area is 110 Å². The van der Waals surface area contributed by atoms with Crippen molar-refractivity contribution in [2.45, 2.75) is 31.7 Å². The summed E-state index contributed by atoms with van der Waals surface area (Å²) in [6.07, 6.45) is 3.59. The second-order valence-electron chi connectivity index (χ2n) is 5.07. The lowest BCUT2D eigenvalue weighted by atomic mass is 9.82. The van der Waals surface area contributed by atoms with E-state index in [1.807, 2.05) is 0 Å². The maximum atomic E-state index is 13.8. The number of imide groups is 1. The van der Waals surface area contributed by atoms with E-state index in [1.165, 1.54) is 18.2 Å². The van der Waals surface area contributed by atoms with E-state index in [2.05, 4.69) is 5.32 Å². The van der Waals surface area contributed by atoms with Crippen molar-refractivity contribution in [2.75, 3.05) is 4.90 Å². The fraction of sp³-hybridized carbons (Fsp3) is 0.429. The predicted molar refractivity (Wildman–Crippen MR) is 68.2 cm³/mol. The number of rotatable bonds is 1. The van der Waals surface area contributed by atoms with Gasteiger partial charge in [-0.05, 0) is 25.0 Å². The maximum absolute atomic E-state index is 13.8. The van der Waals surface area contributed by atoms with E-state index in [9.17, 15) is 14.0 Å². The topological polar surface area (TPSA) is 49.4 Å². The lowest BCUT2D eigenvalue weighted by molar-refractivity contribution is -0.124. The van der Waals surface area contributed by atoms with Crippen LogP contribution < -0.4 is 10.2 Å². The van der Waals surface area contributed by atoms with Crippen LogP contribution in [0.2, 0.25) is 0 Å². The third kappa shape index (κ3) is 1.99. The highest BCUT2D eigenvalue weighted by Gasteiger charge is 2.43. The first-order chi connectivity index (χ1) is 9.18. The number of carbonyl (C=O) groups excluding carboxylic acids is 2. The Morgan fingerprint density at radius 3 is 2.68 bits per heavy atom. The number of hydrogen-bond acceptors (Lipinski definition) is 2. The first-order valence-electron chi connectivity index (χ1n) is 6.57. The van der Waals surface area contributed by atoms with Gasteiger partial charge in [-0.1, -0.05) is 25.0 Å². The number of fused-ring (bicyclic) bond motifs is 1. The molecule has 1 aromatic rings. The number of anilines is 1. The molecule has 100 valence electrons. The Balaban J connectivity index is 1.95. The fourth-order valence-corrected chi connectivity index (χ4v) is 2.95. The number of benzene rings is 1. The van der Waals surface area contributed by atoms with Gasteiger partial charge < -0.3 is 5.32 Å². The summed E-state index contributed by atoms with van der Waals surface area (Å²) in [5.41, 5.74) is 0.0361. The number of amides is 3. The Morgan fingerprint density at radius 2 is 1.89 bits per heavy atom. The number of carbonyl (C=O) groups is 2. The molecule has 1 N–H and O–H groups in total. The molecule has 0 bridgehead atoms. The summed E-state index contributed by atoms with van der Waals surface area (Å²) in [4.78, 5) is 25.4. The number of nitrogens with one attached hydrogen (secondary N) is 1. The van der Waals surface area contributed by atoms with Crippen molar-refractivity contribution in [1.82, 2.24) is 5.32 Å². The molecule has 2 fully saturated rings. The molecule has 1 saturated carbocycles. The molecule has 2 atom stereocenters. The van der Waals surface area contributed by atoms with E-state index in [0.29, 0.717) is 0 Å². The van der Waals surface area contributed by atoms with Crippen LogP contribution in [0.5, 0.6) is 0 Å². The van der Waals surface area contributed by atoms with Crippen LogP contribution in [0, 0.1) is 11.7 Å². The Bertz CT molecular complexity index is 532. The highest BCUT2D eigenvalue weighted by Crippen LogP contribution is 2.32. The lowest BCUT2D eigenvalue weighted by Gasteiger charge is -2.39. The maximum Gasteiger partial charge on any atom is 0.329 e. The minimum Gasteiger partial charge on any atom is -0.334 e. The van der Waals surface area contributed by atoms with Gasteiger partial charge in [0, 0.05) is 6.04 Å². The first-order valence-corrected chi connectivity index (χ1v) is 6.57. The van der Waals surface area contributed by atoms with Gasteiger partial charge in [-0.3, -0.25) is 4.79 Å². The number of hydrogen-bond donors (Lipinski definition) is 1. The highest BCUT2D eigenvalue weighted by molar-refractivity contribution is 6.17. The van der Waals surface area contributed by atoms with Crippen LogP contribution in [0.15, 0.2) is 24.3 Å². The van der Waals surface area contributed by atoms with Crippen LogP contribution in [0.1, 0.15) is 25.7 Å². The predicted octanol–water partition coefficient (Wildman–Crippen LogP) is 2.44. The van der Waals surface area contributed by atoms with Crippen LogP contribution in [-0.4, -0.2) is 18.0 Å². The van der Waals surface area contributed by atoms with Gasteiger partial charge in [0.2, 0.25) is 5.91 Å². The Hall–Kier alpha value is -1.91. The second-order valence-corrected chi connectivity index (χ2v) is 5.07. The number of urea groups is 1. The van der Waals surface area contributed by atoms with Crippen molar-refractivity contribution in [3.63, 3.8) is 0 Å². The summed E-state index contributed by atoms with van der Waals surface area (Å²) in [6.45, 7) is 0. The lowest BCUT2D eigenvalue weighted by Crippen LogP contribution is -2.61. The zero-order valence-corrected chi connectivity index (χ0v) is 10.4. The van der Waals surface area contributed by atoms with Gasteiger partial charge in [0.25, 0.3) is 0 Å². The molecule has 5 heteroatoms. The molecule has 2 unspecified atom stereocenters. The average Bonchev–Trinajstić information content (AvgIpc) is 2.41. The highest BCUT2D eigenvalue weighted by atomic mass is 19.1. The molecule has 1 saturated heterocycles. The van der Waals surface area contributed by atoms with Crippen LogP contribution in [0.4, 0.5) is 14.9 Å². The van der Waals surface area contributed by atoms with Gasteiger partial charge in [-0.2, -0.15) is 0 Å². The summed E-state index contributed by atoms with van der Waals surface area (Å²) in [5, 5.41) is 2.82. The molecule has 1 aromatic carbocycles. The molecule has 1 heterocycles. The van der Waals surface area contributed by atoms with Crippen molar-refractivity contribution < 1.29 is 14.0 Å². The standard InChI is InChI=1S/C14H15FN2O2/c15-10-6-2-4-8-12(10)17-13(18)9-5-1-3-7-11(9)16-14(17)19/h2,4,6,8-9,11H,1,3,5,7H2,(H,16,19). The molecule has 0 aromatic heterocycles. The molecule has 2 aliphatic rings. The average molecular weight is 262 g/mol. The summed E-state index contributed by atoms with van der Waals surface area (Å²) >= 11 is 0. The number of halogens is 1. The van der Waals surface area contributed by atoms with E-state index in [0.717, 1.165) is 30.6 Å². The Morgan fingerprint density at radius 1 is 1.16 bits per heavy atom. The van der Waals surface area contributed by atoms with Crippen molar-refractivity contribution in [3.8, 4) is 0 Å². The van der Waals surface area contributed by atoms with Crippen molar-refractivity contribution >= 4 is 17.6 Å². The third-order valence-electron chi connectivity index (χ3n) is 3.91. The summed E-state index contributed by atoms with van der Waals surface area (Å²) in [5.74, 6) is -1.05. The largest absolute Gasteiger partial charge is 0.334 e. The fourth-order valence-electron chi connectivity index (χ4n) is 2.95. The number of para-hydroxylation sites is 1. The molecule has 0 radical (unpaired) electrons. The van der Waals surface area contributed by atoms with E-state index in [-0.39, 0.29) is 23.6 Å². The second kappa shape index (κ2) is 4.64. The monoisotopic (exact) mass is 262 g/mol. The van der Waals surface area contributed by atoms with Gasteiger partial charge in [0.05, 0.1) is 11.6 Å². The van der Waals surface area contributed by atoms with Crippen LogP contribution in [0.25, 0.3) is 0 Å². The van der Waals surface area contributed by atoms with E-state index in [4.69, 9.17) is 0 Å². The van der Waals surface area contributed by atoms with Crippen molar-refractivity contribution in [1.29, 1.82) is 0 Å². The smallest absolute Gasteiger partial charge is 0.329 e. The molecule has 19 heavy (non-hydrogen) atoms. The number of nitrogens with zero attached hydrogens (tertiary/aromatic N) is 1. The zero-order valence-electron chi connectivity index (χ0n) is 10.4. The van der Waals surface area contributed by atoms with E-state index < -0.39 is 11.8 Å². The van der Waals surface area contributed by atoms with Crippen LogP contribution in [-0.2, 0) is 4.79 Å². The molecule has 1 aliphatic heterocycles. The summed E-state index contributed by atoms with van der Waals surface area (Å²) in [6, 6.07) is 5.26. The van der Waals surface area contributed by atoms with Crippen LogP contribution >= 0.6 is 0 Å².